The van der Waals surface area contributed by atoms with Gasteiger partial charge in [-0.25, -0.2) is 9.18 Å². The number of hydrogen-bond donors (Lipinski definition) is 1. The number of alkyl halides is 4. The van der Waals surface area contributed by atoms with E-state index in [0.29, 0.717) is 0 Å². The van der Waals surface area contributed by atoms with E-state index in [1.807, 2.05) is 0 Å². The molecule has 0 aliphatic carbocycles. The minimum Gasteiger partial charge on any atom is -0.430 e. The maximum Gasteiger partial charge on any atom is 0.440 e. The molecule has 0 spiro atoms. The summed E-state index contributed by atoms with van der Waals surface area (Å²) in [5.41, 5.74) is 0.261. The number of rotatable bonds is 4. The van der Waals surface area contributed by atoms with E-state index >= 15 is 0 Å². The van der Waals surface area contributed by atoms with Crippen LogP contribution in [-0.4, -0.2) is 36.2 Å². The van der Waals surface area contributed by atoms with Gasteiger partial charge in [-0.3, -0.25) is 0 Å². The molecule has 2 amide bonds. The molecular formula is C11H12BrF3N2O2. The van der Waals surface area contributed by atoms with Gasteiger partial charge in [0.25, 0.3) is 5.08 Å². The molecule has 8 heteroatoms. The first-order valence-electron chi connectivity index (χ1n) is 5.15. The second-order valence-corrected chi connectivity index (χ2v) is 4.62. The maximum atomic E-state index is 13.0. The molecule has 0 saturated heterocycles. The fourth-order valence-corrected chi connectivity index (χ4v) is 1.17. The van der Waals surface area contributed by atoms with Crippen molar-refractivity contribution in [3.8, 4) is 5.75 Å². The Bertz CT molecular complexity index is 455. The number of carbonyl (C=O) groups excluding carboxylic acids is 1. The second kappa shape index (κ2) is 6.14. The highest BCUT2D eigenvalue weighted by atomic mass is 79.9. The van der Waals surface area contributed by atoms with E-state index in [9.17, 15) is 18.0 Å². The Morgan fingerprint density at radius 3 is 2.63 bits per heavy atom. The lowest BCUT2D eigenvalue weighted by atomic mass is 10.3. The average molecular weight is 341 g/mol. The summed E-state index contributed by atoms with van der Waals surface area (Å²) in [6, 6.07) is 4.87. The molecule has 0 aliphatic heterocycles. The van der Waals surface area contributed by atoms with E-state index in [2.05, 4.69) is 26.0 Å². The van der Waals surface area contributed by atoms with Crippen molar-refractivity contribution in [2.75, 3.05) is 19.4 Å². The third-order valence-electron chi connectivity index (χ3n) is 2.00. The van der Waals surface area contributed by atoms with Gasteiger partial charge in [0.15, 0.2) is 0 Å². The number of amides is 2. The lowest BCUT2D eigenvalue weighted by molar-refractivity contribution is -0.195. The molecule has 0 saturated carbocycles. The quantitative estimate of drug-likeness (QED) is 0.853. The first-order valence-corrected chi connectivity index (χ1v) is 6.07. The topological polar surface area (TPSA) is 41.6 Å². The number of carbonyl (C=O) groups is 1. The summed E-state index contributed by atoms with van der Waals surface area (Å²) in [4.78, 5) is 12.7. The van der Waals surface area contributed by atoms with E-state index in [1.165, 1.54) is 43.3 Å². The van der Waals surface area contributed by atoms with Gasteiger partial charge < -0.3 is 15.0 Å². The molecule has 1 atom stereocenters. The largest absolute Gasteiger partial charge is 0.440 e. The number of ether oxygens (including phenoxy) is 1. The van der Waals surface area contributed by atoms with Crippen molar-refractivity contribution < 1.29 is 22.7 Å². The first kappa shape index (κ1) is 15.6. The summed E-state index contributed by atoms with van der Waals surface area (Å²) >= 11 is 2.11. The molecule has 0 heterocycles. The van der Waals surface area contributed by atoms with Gasteiger partial charge in [-0.1, -0.05) is 6.07 Å². The third-order valence-corrected chi connectivity index (χ3v) is 2.53. The Labute approximate surface area is 116 Å². The van der Waals surface area contributed by atoms with Crippen molar-refractivity contribution in [2.24, 2.45) is 0 Å². The SMILES string of the molecule is CN(C)C(=O)Nc1cccc(OC(F)(F)C(F)Br)c1. The Morgan fingerprint density at radius 1 is 1.47 bits per heavy atom. The standard InChI is InChI=1S/C11H12BrF3N2O2/c1-17(2)10(18)16-7-4-3-5-8(6-7)19-11(14,15)9(12)13/h3-6,9H,1-2H3,(H,16,18). The first-order chi connectivity index (χ1) is 8.72. The predicted octanol–water partition coefficient (Wildman–Crippen LogP) is 3.44. The summed E-state index contributed by atoms with van der Waals surface area (Å²) in [6.07, 6.45) is -4.00. The molecule has 106 valence electrons. The van der Waals surface area contributed by atoms with Crippen molar-refractivity contribution >= 4 is 27.6 Å². The van der Waals surface area contributed by atoms with E-state index < -0.39 is 17.2 Å². The molecule has 19 heavy (non-hydrogen) atoms. The van der Waals surface area contributed by atoms with Crippen LogP contribution in [0.15, 0.2) is 24.3 Å². The minimum atomic E-state index is -4.00. The fourth-order valence-electron chi connectivity index (χ4n) is 1.07. The Morgan fingerprint density at radius 2 is 2.11 bits per heavy atom. The second-order valence-electron chi connectivity index (χ2n) is 3.82. The van der Waals surface area contributed by atoms with Gasteiger partial charge in [0.1, 0.15) is 5.75 Å². The molecule has 0 aromatic heterocycles. The number of halogens is 4. The van der Waals surface area contributed by atoms with E-state index in [4.69, 9.17) is 0 Å². The van der Waals surface area contributed by atoms with Crippen LogP contribution in [0.1, 0.15) is 0 Å². The van der Waals surface area contributed by atoms with Gasteiger partial charge in [-0.15, -0.1) is 0 Å². The third kappa shape index (κ3) is 4.62. The van der Waals surface area contributed by atoms with Gasteiger partial charge in [-0.2, -0.15) is 8.78 Å². The van der Waals surface area contributed by atoms with Gasteiger partial charge in [-0.05, 0) is 28.1 Å². The van der Waals surface area contributed by atoms with Crippen LogP contribution < -0.4 is 10.1 Å². The summed E-state index contributed by atoms with van der Waals surface area (Å²) in [5.74, 6) is -0.261. The number of benzene rings is 1. The molecule has 1 aromatic rings. The van der Waals surface area contributed by atoms with Gasteiger partial charge in [0, 0.05) is 25.8 Å². The molecular weight excluding hydrogens is 329 g/mol. The lowest BCUT2D eigenvalue weighted by Gasteiger charge is -2.18. The van der Waals surface area contributed by atoms with Crippen molar-refractivity contribution in [1.82, 2.24) is 4.90 Å². The van der Waals surface area contributed by atoms with Crippen LogP contribution in [0.2, 0.25) is 0 Å². The molecule has 1 aromatic carbocycles. The maximum absolute atomic E-state index is 13.0. The average Bonchev–Trinajstić information content (AvgIpc) is 2.28. The molecule has 0 bridgehead atoms. The van der Waals surface area contributed by atoms with Crippen molar-refractivity contribution in [2.45, 2.75) is 11.2 Å². The minimum absolute atomic E-state index is 0.261. The molecule has 4 nitrogen and oxygen atoms in total. The molecule has 0 fully saturated rings. The zero-order chi connectivity index (χ0) is 14.6. The smallest absolute Gasteiger partial charge is 0.430 e. The molecule has 1 unspecified atom stereocenters. The number of nitrogens with zero attached hydrogens (tertiary/aromatic N) is 1. The summed E-state index contributed by atoms with van der Waals surface area (Å²) in [6.45, 7) is 0. The van der Waals surface area contributed by atoms with Crippen LogP contribution in [-0.2, 0) is 0 Å². The molecule has 1 rings (SSSR count). The summed E-state index contributed by atoms with van der Waals surface area (Å²) in [5, 5.41) is -0.172. The Balaban J connectivity index is 2.80. The Kier molecular flexibility index (Phi) is 5.04. The van der Waals surface area contributed by atoms with Crippen LogP contribution in [0.4, 0.5) is 23.7 Å². The van der Waals surface area contributed by atoms with Crippen LogP contribution in [0.25, 0.3) is 0 Å². The molecule has 1 N–H and O–H groups in total. The Hall–Kier alpha value is -1.44. The normalized spacial score (nSPS) is 12.7. The van der Waals surface area contributed by atoms with Crippen LogP contribution in [0.3, 0.4) is 0 Å². The van der Waals surface area contributed by atoms with Gasteiger partial charge in [0.05, 0.1) is 0 Å². The van der Waals surface area contributed by atoms with E-state index in [1.54, 1.807) is 0 Å². The number of urea groups is 1. The molecule has 0 aliphatic rings. The monoisotopic (exact) mass is 340 g/mol. The zero-order valence-electron chi connectivity index (χ0n) is 10.2. The highest BCUT2D eigenvalue weighted by molar-refractivity contribution is 9.09. The van der Waals surface area contributed by atoms with Crippen LogP contribution >= 0.6 is 15.9 Å². The van der Waals surface area contributed by atoms with Crippen molar-refractivity contribution in [3.05, 3.63) is 24.3 Å². The summed E-state index contributed by atoms with van der Waals surface area (Å²) in [7, 11) is 3.06. The van der Waals surface area contributed by atoms with Gasteiger partial charge >= 0.3 is 12.1 Å². The number of anilines is 1. The fraction of sp³-hybridized carbons (Fsp3) is 0.364. The van der Waals surface area contributed by atoms with Gasteiger partial charge in [0.2, 0.25) is 0 Å². The number of hydrogen-bond acceptors (Lipinski definition) is 2. The zero-order valence-corrected chi connectivity index (χ0v) is 11.7. The predicted molar refractivity (Wildman–Crippen MR) is 68.5 cm³/mol. The lowest BCUT2D eigenvalue weighted by Crippen LogP contribution is -2.32. The van der Waals surface area contributed by atoms with Crippen LogP contribution in [0.5, 0.6) is 5.75 Å². The molecule has 0 radical (unpaired) electrons. The highest BCUT2D eigenvalue weighted by Gasteiger charge is 2.41. The number of nitrogens with one attached hydrogen (secondary N) is 1. The van der Waals surface area contributed by atoms with Crippen molar-refractivity contribution in [1.29, 1.82) is 0 Å². The van der Waals surface area contributed by atoms with Crippen molar-refractivity contribution in [3.63, 3.8) is 0 Å². The van der Waals surface area contributed by atoms with Crippen LogP contribution in [0, 0.1) is 0 Å². The van der Waals surface area contributed by atoms with E-state index in [-0.39, 0.29) is 11.4 Å². The summed E-state index contributed by atoms with van der Waals surface area (Å²) < 4.78 is 42.8. The highest BCUT2D eigenvalue weighted by Crippen LogP contribution is 2.30. The van der Waals surface area contributed by atoms with E-state index in [0.717, 1.165) is 0 Å².